The number of alkyl halides is 3. The first kappa shape index (κ1) is 34.3. The molecule has 0 atom stereocenters. The van der Waals surface area contributed by atoms with Gasteiger partial charge in [0.25, 0.3) is 0 Å². The molecule has 0 radical (unpaired) electrons. The van der Waals surface area contributed by atoms with E-state index < -0.39 is 17.7 Å². The SMILES string of the molecule is CCN(CC1CCC(C(=O)O)CC1)c1cc2c(cc1CN=C1NNN(C)N1Cc1cc(C#N)cc(C(F)(F)F)c1)CCCC2.Cl. The first-order chi connectivity index (χ1) is 21.0. The third-order valence-electron chi connectivity index (χ3n) is 9.06. The van der Waals surface area contributed by atoms with E-state index in [9.17, 15) is 28.3 Å². The number of anilines is 1. The molecule has 2 aliphatic carbocycles. The Morgan fingerprint density at radius 1 is 1.11 bits per heavy atom. The number of fused-ring (bicyclic) bond motifs is 1. The molecule has 3 aliphatic rings. The van der Waals surface area contributed by atoms with Crippen LogP contribution in [0.3, 0.4) is 0 Å². The van der Waals surface area contributed by atoms with E-state index in [0.717, 1.165) is 68.6 Å². The highest BCUT2D eigenvalue weighted by Gasteiger charge is 2.32. The largest absolute Gasteiger partial charge is 0.481 e. The van der Waals surface area contributed by atoms with Crippen molar-refractivity contribution in [3.63, 3.8) is 0 Å². The maximum atomic E-state index is 13.5. The number of benzene rings is 2. The summed E-state index contributed by atoms with van der Waals surface area (Å²) in [6.07, 6.45) is 3.05. The summed E-state index contributed by atoms with van der Waals surface area (Å²) in [5.74, 6) is -0.0499. The number of nitriles is 1. The van der Waals surface area contributed by atoms with E-state index in [0.29, 0.717) is 36.8 Å². The molecule has 5 rings (SSSR count). The van der Waals surface area contributed by atoms with Crippen molar-refractivity contribution in [2.75, 3.05) is 25.0 Å². The number of carbonyl (C=O) groups is 1. The molecule has 3 N–H and O–H groups in total. The minimum absolute atomic E-state index is 0. The molecule has 0 bridgehead atoms. The Bertz CT molecular complexity index is 1440. The second-order valence-corrected chi connectivity index (χ2v) is 12.0. The predicted molar refractivity (Wildman–Crippen MR) is 168 cm³/mol. The molecular formula is C32H41ClF3N7O2. The highest BCUT2D eigenvalue weighted by atomic mass is 35.5. The van der Waals surface area contributed by atoms with Crippen LogP contribution in [0.1, 0.15) is 78.8 Å². The van der Waals surface area contributed by atoms with Gasteiger partial charge in [-0.2, -0.15) is 18.4 Å². The van der Waals surface area contributed by atoms with Crippen LogP contribution in [0.2, 0.25) is 0 Å². The van der Waals surface area contributed by atoms with Crippen LogP contribution in [-0.2, 0) is 36.9 Å². The molecule has 2 aromatic carbocycles. The van der Waals surface area contributed by atoms with Crippen molar-refractivity contribution in [1.29, 1.82) is 5.26 Å². The number of halogens is 4. The second-order valence-electron chi connectivity index (χ2n) is 12.0. The lowest BCUT2D eigenvalue weighted by atomic mass is 9.81. The summed E-state index contributed by atoms with van der Waals surface area (Å²) in [4.78, 5) is 18.7. The van der Waals surface area contributed by atoms with Crippen LogP contribution in [0.15, 0.2) is 35.3 Å². The average Bonchev–Trinajstić information content (AvgIpc) is 3.36. The highest BCUT2D eigenvalue weighted by molar-refractivity contribution is 5.85. The van der Waals surface area contributed by atoms with Gasteiger partial charge in [0.05, 0.1) is 36.2 Å². The zero-order valence-electron chi connectivity index (χ0n) is 25.7. The van der Waals surface area contributed by atoms with Gasteiger partial charge in [0.15, 0.2) is 0 Å². The standard InChI is InChI=1S/C32H40F3N7O2.ClH/c1-3-41(19-21-8-10-24(11-9-21)30(43)44)29-16-26-7-5-4-6-25(26)15-27(29)18-37-31-38-39-40(2)42(31)20-23-12-22(17-36)13-28(14-23)32(33,34)35;/h12-16,21,24,39H,3-11,18-20H2,1-2H3,(H,37,38)(H,43,44);1H. The number of carboxylic acid groups (broad SMARTS) is 1. The molecule has 1 saturated heterocycles. The number of aliphatic carboxylic acids is 1. The number of rotatable bonds is 9. The molecule has 1 saturated carbocycles. The van der Waals surface area contributed by atoms with Gasteiger partial charge in [0, 0.05) is 25.8 Å². The number of hydrazine groups is 3. The van der Waals surface area contributed by atoms with Gasteiger partial charge in [-0.25, -0.2) is 4.99 Å². The number of carboxylic acids is 1. The van der Waals surface area contributed by atoms with Crippen LogP contribution < -0.4 is 15.9 Å². The Morgan fingerprint density at radius 2 is 1.80 bits per heavy atom. The van der Waals surface area contributed by atoms with E-state index in [2.05, 4.69) is 34.9 Å². The van der Waals surface area contributed by atoms with Crippen LogP contribution in [-0.4, -0.2) is 47.3 Å². The van der Waals surface area contributed by atoms with Crippen LogP contribution in [0, 0.1) is 23.2 Å². The van der Waals surface area contributed by atoms with E-state index in [1.807, 2.05) is 6.07 Å². The molecule has 1 aliphatic heterocycles. The van der Waals surface area contributed by atoms with Gasteiger partial charge in [-0.1, -0.05) is 6.07 Å². The van der Waals surface area contributed by atoms with Gasteiger partial charge in [-0.15, -0.1) is 23.1 Å². The average molecular weight is 648 g/mol. The van der Waals surface area contributed by atoms with Crippen LogP contribution >= 0.6 is 12.4 Å². The topological polar surface area (TPSA) is 107 Å². The predicted octanol–water partition coefficient (Wildman–Crippen LogP) is 5.82. The molecule has 0 spiro atoms. The first-order valence-electron chi connectivity index (χ1n) is 15.4. The lowest BCUT2D eigenvalue weighted by molar-refractivity contribution is -0.143. The molecule has 9 nitrogen and oxygen atoms in total. The minimum Gasteiger partial charge on any atom is -0.481 e. The van der Waals surface area contributed by atoms with Gasteiger partial charge in [-0.3, -0.25) is 15.2 Å². The molecule has 45 heavy (non-hydrogen) atoms. The smallest absolute Gasteiger partial charge is 0.416 e. The van der Waals surface area contributed by atoms with Crippen LogP contribution in [0.4, 0.5) is 18.9 Å². The van der Waals surface area contributed by atoms with Gasteiger partial charge >= 0.3 is 12.1 Å². The van der Waals surface area contributed by atoms with E-state index >= 15 is 0 Å². The van der Waals surface area contributed by atoms with Crippen LogP contribution in [0.5, 0.6) is 0 Å². The molecule has 2 fully saturated rings. The maximum absolute atomic E-state index is 13.5. The van der Waals surface area contributed by atoms with E-state index in [1.54, 1.807) is 17.2 Å². The van der Waals surface area contributed by atoms with Crippen molar-refractivity contribution in [1.82, 2.24) is 21.1 Å². The first-order valence-corrected chi connectivity index (χ1v) is 15.4. The summed E-state index contributed by atoms with van der Waals surface area (Å²) in [5, 5.41) is 22.1. The van der Waals surface area contributed by atoms with Gasteiger partial charge in [0.1, 0.15) is 0 Å². The van der Waals surface area contributed by atoms with Crippen molar-refractivity contribution < 1.29 is 23.1 Å². The van der Waals surface area contributed by atoms with Crippen molar-refractivity contribution in [2.45, 2.75) is 77.6 Å². The lowest BCUT2D eigenvalue weighted by Gasteiger charge is -2.34. The normalized spacial score (nSPS) is 21.1. The Hall–Kier alpha value is -3.53. The summed E-state index contributed by atoms with van der Waals surface area (Å²) >= 11 is 0. The molecule has 244 valence electrons. The Balaban J connectivity index is 0.00000461. The minimum atomic E-state index is -4.56. The van der Waals surface area contributed by atoms with Gasteiger partial charge in [-0.05, 0) is 111 Å². The third-order valence-corrected chi connectivity index (χ3v) is 9.06. The van der Waals surface area contributed by atoms with Crippen molar-refractivity contribution >= 4 is 30.0 Å². The summed E-state index contributed by atoms with van der Waals surface area (Å²) in [6.45, 7) is 4.25. The second kappa shape index (κ2) is 14.7. The summed E-state index contributed by atoms with van der Waals surface area (Å²) in [6, 6.07) is 9.79. The Labute approximate surface area is 268 Å². The number of nitrogens with one attached hydrogen (secondary N) is 2. The van der Waals surface area contributed by atoms with Gasteiger partial charge in [0.2, 0.25) is 5.96 Å². The quantitative estimate of drug-likeness (QED) is 0.313. The van der Waals surface area contributed by atoms with E-state index in [1.165, 1.54) is 23.6 Å². The number of nitrogens with zero attached hydrogens (tertiary/aromatic N) is 5. The number of hydrogen-bond donors (Lipinski definition) is 3. The number of guanidine groups is 1. The molecule has 2 aromatic rings. The fourth-order valence-electron chi connectivity index (χ4n) is 6.59. The van der Waals surface area contributed by atoms with Crippen LogP contribution in [0.25, 0.3) is 0 Å². The summed E-state index contributed by atoms with van der Waals surface area (Å²) in [5.41, 5.74) is 10.3. The molecule has 0 aromatic heterocycles. The number of aliphatic imine (C=N–C) groups is 1. The number of aryl methyl sites for hydroxylation is 2. The maximum Gasteiger partial charge on any atom is 0.416 e. The zero-order valence-corrected chi connectivity index (χ0v) is 26.5. The summed E-state index contributed by atoms with van der Waals surface area (Å²) < 4.78 is 40.5. The summed E-state index contributed by atoms with van der Waals surface area (Å²) in [7, 11) is 1.73. The van der Waals surface area contributed by atoms with Crippen molar-refractivity contribution in [3.05, 3.63) is 63.7 Å². The Morgan fingerprint density at radius 3 is 2.42 bits per heavy atom. The number of hydrogen-bond acceptors (Lipinski definition) is 6. The third kappa shape index (κ3) is 8.20. The zero-order chi connectivity index (χ0) is 31.4. The van der Waals surface area contributed by atoms with Crippen molar-refractivity contribution in [3.8, 4) is 6.07 Å². The molecule has 1 heterocycles. The highest BCUT2D eigenvalue weighted by Crippen LogP contribution is 2.35. The molecular weight excluding hydrogens is 607 g/mol. The molecule has 0 amide bonds. The molecule has 0 unspecified atom stereocenters. The lowest BCUT2D eigenvalue weighted by Crippen LogP contribution is -2.39. The Kier molecular flexibility index (Phi) is 11.2. The van der Waals surface area contributed by atoms with E-state index in [4.69, 9.17) is 4.99 Å². The van der Waals surface area contributed by atoms with Crippen molar-refractivity contribution in [2.24, 2.45) is 16.8 Å². The van der Waals surface area contributed by atoms with E-state index in [-0.39, 0.29) is 30.4 Å². The fourth-order valence-corrected chi connectivity index (χ4v) is 6.59. The monoisotopic (exact) mass is 647 g/mol. The fraction of sp³-hybridized carbons (Fsp3) is 0.531. The van der Waals surface area contributed by atoms with Gasteiger partial charge < -0.3 is 10.0 Å². The molecule has 13 heteroatoms.